The molecule has 0 bridgehead atoms. The van der Waals surface area contributed by atoms with E-state index in [2.05, 4.69) is 5.32 Å². The van der Waals surface area contributed by atoms with Gasteiger partial charge in [-0.25, -0.2) is 4.39 Å². The molecule has 0 fully saturated rings. The van der Waals surface area contributed by atoms with Crippen LogP contribution < -0.4 is 11.1 Å². The number of nitrogens with one attached hydrogen (secondary N) is 1. The second kappa shape index (κ2) is 6.95. The zero-order valence-electron chi connectivity index (χ0n) is 11.4. The predicted molar refractivity (Wildman–Crippen MR) is 73.7 cm³/mol. The standard InChI is InChI=1S/C13H18FN3O3/c1-8(2)5-9(7-15)13(18)16-12-4-3-10(17(19)20)6-11(12)14/h3-4,6,8-9H,5,7,15H2,1-2H3,(H,16,18). The average Bonchev–Trinajstić information content (AvgIpc) is 2.37. The summed E-state index contributed by atoms with van der Waals surface area (Å²) in [7, 11) is 0. The highest BCUT2D eigenvalue weighted by atomic mass is 19.1. The molecule has 0 aliphatic rings. The van der Waals surface area contributed by atoms with Crippen molar-refractivity contribution < 1.29 is 14.1 Å². The predicted octanol–water partition coefficient (Wildman–Crippen LogP) is 2.29. The first-order valence-corrected chi connectivity index (χ1v) is 6.30. The molecule has 1 rings (SSSR count). The first kappa shape index (κ1) is 16.0. The van der Waals surface area contributed by atoms with Gasteiger partial charge >= 0.3 is 0 Å². The smallest absolute Gasteiger partial charge is 0.272 e. The number of non-ortho nitro benzene ring substituents is 1. The van der Waals surface area contributed by atoms with Gasteiger partial charge in [0.25, 0.3) is 5.69 Å². The number of hydrogen-bond acceptors (Lipinski definition) is 4. The van der Waals surface area contributed by atoms with Gasteiger partial charge in [0.2, 0.25) is 5.91 Å². The number of carbonyl (C=O) groups excluding carboxylic acids is 1. The van der Waals surface area contributed by atoms with Gasteiger partial charge in [0.1, 0.15) is 0 Å². The third kappa shape index (κ3) is 4.27. The van der Waals surface area contributed by atoms with Crippen molar-refractivity contribution in [3.63, 3.8) is 0 Å². The molecule has 0 radical (unpaired) electrons. The molecule has 6 nitrogen and oxygen atoms in total. The summed E-state index contributed by atoms with van der Waals surface area (Å²) in [6.07, 6.45) is 0.594. The van der Waals surface area contributed by atoms with Crippen LogP contribution in [0.3, 0.4) is 0 Å². The molecule has 0 heterocycles. The summed E-state index contributed by atoms with van der Waals surface area (Å²) in [5, 5.41) is 12.9. The van der Waals surface area contributed by atoms with E-state index in [1.807, 2.05) is 13.8 Å². The summed E-state index contributed by atoms with van der Waals surface area (Å²) in [5.74, 6) is -1.34. The summed E-state index contributed by atoms with van der Waals surface area (Å²) in [6.45, 7) is 4.09. The number of benzene rings is 1. The number of hydrogen-bond donors (Lipinski definition) is 2. The minimum absolute atomic E-state index is 0.0807. The lowest BCUT2D eigenvalue weighted by Crippen LogP contribution is -2.30. The highest BCUT2D eigenvalue weighted by Crippen LogP contribution is 2.21. The van der Waals surface area contributed by atoms with E-state index in [1.54, 1.807) is 0 Å². The van der Waals surface area contributed by atoms with Crippen molar-refractivity contribution in [2.75, 3.05) is 11.9 Å². The summed E-state index contributed by atoms with van der Waals surface area (Å²) < 4.78 is 13.7. The Balaban J connectivity index is 2.82. The van der Waals surface area contributed by atoms with E-state index >= 15 is 0 Å². The summed E-state index contributed by atoms with van der Waals surface area (Å²) in [6, 6.07) is 3.09. The van der Waals surface area contributed by atoms with Gasteiger partial charge in [-0.15, -0.1) is 0 Å². The van der Waals surface area contributed by atoms with Crippen LogP contribution in [0.5, 0.6) is 0 Å². The molecule has 7 heteroatoms. The van der Waals surface area contributed by atoms with E-state index in [1.165, 1.54) is 6.07 Å². The lowest BCUT2D eigenvalue weighted by atomic mass is 9.96. The Morgan fingerprint density at radius 3 is 2.60 bits per heavy atom. The first-order valence-electron chi connectivity index (χ1n) is 6.30. The molecule has 0 saturated carbocycles. The Morgan fingerprint density at radius 2 is 2.15 bits per heavy atom. The van der Waals surface area contributed by atoms with Crippen LogP contribution in [0, 0.1) is 27.8 Å². The second-order valence-corrected chi connectivity index (χ2v) is 4.97. The summed E-state index contributed by atoms with van der Waals surface area (Å²) >= 11 is 0. The molecule has 1 aromatic carbocycles. The molecule has 0 aromatic heterocycles. The van der Waals surface area contributed by atoms with E-state index in [-0.39, 0.29) is 29.7 Å². The SMILES string of the molecule is CC(C)CC(CN)C(=O)Nc1ccc([N+](=O)[O-])cc1F. The number of amides is 1. The number of anilines is 1. The van der Waals surface area contributed by atoms with Crippen molar-refractivity contribution in [1.82, 2.24) is 0 Å². The van der Waals surface area contributed by atoms with E-state index in [9.17, 15) is 19.3 Å². The zero-order valence-corrected chi connectivity index (χ0v) is 11.4. The Morgan fingerprint density at radius 1 is 1.50 bits per heavy atom. The van der Waals surface area contributed by atoms with Gasteiger partial charge in [0.05, 0.1) is 22.6 Å². The van der Waals surface area contributed by atoms with E-state index < -0.39 is 16.7 Å². The van der Waals surface area contributed by atoms with Crippen LogP contribution in [0.1, 0.15) is 20.3 Å². The van der Waals surface area contributed by atoms with Crippen molar-refractivity contribution in [3.8, 4) is 0 Å². The van der Waals surface area contributed by atoms with Gasteiger partial charge in [0, 0.05) is 12.6 Å². The van der Waals surface area contributed by atoms with Crippen LogP contribution in [0.25, 0.3) is 0 Å². The number of nitro benzene ring substituents is 1. The number of halogens is 1. The molecule has 0 saturated heterocycles. The van der Waals surface area contributed by atoms with Crippen molar-refractivity contribution in [2.45, 2.75) is 20.3 Å². The molecule has 3 N–H and O–H groups in total. The third-order valence-electron chi connectivity index (χ3n) is 2.83. The fourth-order valence-corrected chi connectivity index (χ4v) is 1.83. The van der Waals surface area contributed by atoms with Crippen molar-refractivity contribution in [1.29, 1.82) is 0 Å². The molecular weight excluding hydrogens is 265 g/mol. The maximum absolute atomic E-state index is 13.7. The van der Waals surface area contributed by atoms with Crippen LogP contribution in [0.15, 0.2) is 18.2 Å². The molecule has 1 atom stereocenters. The molecule has 1 aromatic rings. The highest BCUT2D eigenvalue weighted by molar-refractivity contribution is 5.92. The number of nitrogens with zero attached hydrogens (tertiary/aromatic N) is 1. The van der Waals surface area contributed by atoms with Gasteiger partial charge in [-0.05, 0) is 18.4 Å². The Labute approximate surface area is 116 Å². The normalized spacial score (nSPS) is 12.2. The molecule has 1 amide bonds. The monoisotopic (exact) mass is 283 g/mol. The van der Waals surface area contributed by atoms with Crippen molar-refractivity contribution >= 4 is 17.3 Å². The molecule has 0 spiro atoms. The minimum Gasteiger partial charge on any atom is -0.330 e. The Hall–Kier alpha value is -2.02. The Kier molecular flexibility index (Phi) is 5.57. The van der Waals surface area contributed by atoms with E-state index in [4.69, 9.17) is 5.73 Å². The van der Waals surface area contributed by atoms with Crippen LogP contribution in [0.4, 0.5) is 15.8 Å². The topological polar surface area (TPSA) is 98.3 Å². The van der Waals surface area contributed by atoms with Gasteiger partial charge in [0.15, 0.2) is 5.82 Å². The lowest BCUT2D eigenvalue weighted by molar-refractivity contribution is -0.385. The number of nitrogens with two attached hydrogens (primary N) is 1. The van der Waals surface area contributed by atoms with Gasteiger partial charge in [-0.3, -0.25) is 14.9 Å². The van der Waals surface area contributed by atoms with E-state index in [0.717, 1.165) is 12.1 Å². The van der Waals surface area contributed by atoms with Gasteiger partial charge < -0.3 is 11.1 Å². The molecule has 0 aliphatic carbocycles. The zero-order chi connectivity index (χ0) is 15.3. The summed E-state index contributed by atoms with van der Waals surface area (Å²) in [4.78, 5) is 21.8. The fourth-order valence-electron chi connectivity index (χ4n) is 1.83. The summed E-state index contributed by atoms with van der Waals surface area (Å²) in [5.41, 5.74) is 5.09. The number of rotatable bonds is 6. The van der Waals surface area contributed by atoms with Crippen LogP contribution in [0.2, 0.25) is 0 Å². The number of carbonyl (C=O) groups is 1. The van der Waals surface area contributed by atoms with Crippen LogP contribution >= 0.6 is 0 Å². The van der Waals surface area contributed by atoms with Gasteiger partial charge in [-0.1, -0.05) is 13.8 Å². The first-order chi connectivity index (χ1) is 9.35. The third-order valence-corrected chi connectivity index (χ3v) is 2.83. The molecule has 1 unspecified atom stereocenters. The maximum Gasteiger partial charge on any atom is 0.272 e. The maximum atomic E-state index is 13.7. The second-order valence-electron chi connectivity index (χ2n) is 4.97. The van der Waals surface area contributed by atoms with Crippen LogP contribution in [-0.2, 0) is 4.79 Å². The fraction of sp³-hybridized carbons (Fsp3) is 0.462. The Bertz CT molecular complexity index is 506. The van der Waals surface area contributed by atoms with Crippen molar-refractivity contribution in [3.05, 3.63) is 34.1 Å². The average molecular weight is 283 g/mol. The largest absolute Gasteiger partial charge is 0.330 e. The van der Waals surface area contributed by atoms with E-state index in [0.29, 0.717) is 6.42 Å². The molecular formula is C13H18FN3O3. The van der Waals surface area contributed by atoms with Crippen LogP contribution in [-0.4, -0.2) is 17.4 Å². The molecule has 20 heavy (non-hydrogen) atoms. The number of nitro groups is 1. The molecule has 0 aliphatic heterocycles. The van der Waals surface area contributed by atoms with Crippen molar-refractivity contribution in [2.24, 2.45) is 17.6 Å². The quantitative estimate of drug-likeness (QED) is 0.618. The minimum atomic E-state index is -0.840. The lowest BCUT2D eigenvalue weighted by Gasteiger charge is -2.17. The molecule has 110 valence electrons. The highest BCUT2D eigenvalue weighted by Gasteiger charge is 2.20. The van der Waals surface area contributed by atoms with Gasteiger partial charge in [-0.2, -0.15) is 0 Å².